The van der Waals surface area contributed by atoms with Crippen molar-refractivity contribution in [3.63, 3.8) is 0 Å². The minimum absolute atomic E-state index is 0. The lowest BCUT2D eigenvalue weighted by molar-refractivity contribution is -0.0470. The van der Waals surface area contributed by atoms with E-state index in [1.165, 1.54) is 29.9 Å². The number of aliphatic hydroxyl groups is 5. The van der Waals surface area contributed by atoms with Crippen molar-refractivity contribution in [2.75, 3.05) is 43.8 Å². The number of amides is 2. The van der Waals surface area contributed by atoms with Gasteiger partial charge in [0.25, 0.3) is 11.8 Å². The zero-order chi connectivity index (χ0) is 65.9. The van der Waals surface area contributed by atoms with Gasteiger partial charge in [-0.15, -0.1) is 11.6 Å². The van der Waals surface area contributed by atoms with Gasteiger partial charge in [0.05, 0.1) is 86.6 Å². The number of ether oxygens (including phenoxy) is 5. The highest BCUT2D eigenvalue weighted by Crippen LogP contribution is 2.44. The normalized spacial score (nSPS) is 19.7. The first-order valence-corrected chi connectivity index (χ1v) is 30.4. The maximum absolute atomic E-state index is 12.4. The first kappa shape index (κ1) is 78.1. The van der Waals surface area contributed by atoms with Crippen LogP contribution in [0.3, 0.4) is 0 Å². The molecule has 3 aliphatic rings. The molecule has 27 nitrogen and oxygen atoms in total. The molecule has 0 spiro atoms. The van der Waals surface area contributed by atoms with E-state index in [4.69, 9.17) is 46.1 Å². The van der Waals surface area contributed by atoms with Gasteiger partial charge >= 0.3 is 0 Å². The Labute approximate surface area is 579 Å². The molecule has 526 valence electrons. The topological polar surface area (TPSA) is 362 Å². The van der Waals surface area contributed by atoms with Crippen LogP contribution in [0.15, 0.2) is 177 Å². The molecule has 9 N–H and O–H groups in total. The molecule has 3 fully saturated rings. The molecule has 11 aromatic rings. The number of nitrogens with zero attached hydrogens (tertiary/aromatic N) is 12. The van der Waals surface area contributed by atoms with Crippen molar-refractivity contribution < 1.29 is 58.8 Å². The molecule has 28 heteroatoms. The molecule has 3 saturated heterocycles. The number of carbonyl (C=O) groups is 2. The Balaban J connectivity index is 0.000000206. The Hall–Kier alpha value is -9.94. The van der Waals surface area contributed by atoms with E-state index in [9.17, 15) is 30.0 Å². The van der Waals surface area contributed by atoms with Crippen LogP contribution in [0, 0.1) is 0 Å². The molecule has 0 bridgehead atoms. The van der Waals surface area contributed by atoms with Gasteiger partial charge in [-0.25, -0.2) is 43.9 Å². The van der Waals surface area contributed by atoms with E-state index in [0.717, 1.165) is 34.6 Å². The van der Waals surface area contributed by atoms with E-state index < -0.39 is 47.8 Å². The van der Waals surface area contributed by atoms with Gasteiger partial charge in [0.1, 0.15) is 65.0 Å². The summed E-state index contributed by atoms with van der Waals surface area (Å²) in [5.74, 6) is 2.15. The SMILES string of the molecule is C.C.C.C.C.CC[C@H]1O[C@@H](n2ncc3c(NC(=O)c4ccccc4)ncnc32)C[C@@H]1O.COc1ccc(C(Cl)(c2ccccc2)c2ccc(OC)cc2)cc1.Nc1ncnc2c1cnn2[C@H]1C[C@H](O)[C@@H](CO)O1.O=C(Nc1ncnc2c1cnn2[C@H]1C[C@H](O)[C@@H](CO)O1)c1ccccc1. The molecule has 6 aromatic heterocycles. The summed E-state index contributed by atoms with van der Waals surface area (Å²) in [6.07, 6.45) is 5.73. The molecule has 0 unspecified atom stereocenters. The van der Waals surface area contributed by atoms with Crippen LogP contribution in [0.5, 0.6) is 11.5 Å². The number of alkyl halides is 1. The second-order valence-corrected chi connectivity index (χ2v) is 22.4. The summed E-state index contributed by atoms with van der Waals surface area (Å²) >= 11 is 7.22. The number of nitrogens with two attached hydrogens (primary N) is 1. The fourth-order valence-electron chi connectivity index (χ4n) is 11.1. The van der Waals surface area contributed by atoms with Gasteiger partial charge in [-0.3, -0.25) is 9.59 Å². The average molecular weight is 1380 g/mol. The summed E-state index contributed by atoms with van der Waals surface area (Å²) in [6, 6.07) is 43.5. The summed E-state index contributed by atoms with van der Waals surface area (Å²) in [4.78, 5) is 48.8. The summed E-state index contributed by atoms with van der Waals surface area (Å²) in [6.45, 7) is 1.47. The van der Waals surface area contributed by atoms with E-state index in [1.807, 2.05) is 97.9 Å². The van der Waals surface area contributed by atoms with E-state index in [1.54, 1.807) is 84.5 Å². The number of methoxy groups -OCH3 is 2. The fraction of sp³-hybridized carbons (Fsp3) is 0.338. The van der Waals surface area contributed by atoms with E-state index >= 15 is 0 Å². The highest BCUT2D eigenvalue weighted by atomic mass is 35.5. The number of benzene rings is 5. The largest absolute Gasteiger partial charge is 0.497 e. The third-order valence-corrected chi connectivity index (χ3v) is 16.7. The lowest BCUT2D eigenvalue weighted by Gasteiger charge is -2.29. The molecule has 0 aliphatic carbocycles. The Morgan fingerprint density at radius 2 is 0.838 bits per heavy atom. The van der Waals surface area contributed by atoms with Crippen molar-refractivity contribution in [2.45, 2.75) is 130 Å². The number of anilines is 3. The molecule has 99 heavy (non-hydrogen) atoms. The molecule has 5 aromatic carbocycles. The standard InChI is InChI=1S/C21H19ClO2.C18H19N5O3.C17H17N5O4.C10H13N5O3.5CH4/c1-23-19-12-8-17(9-13-19)21(22,16-6-4-3-5-7-16)18-10-14-20(24-2)15-11-18;1-2-14-13(24)8-15(26-14)23-17-12(9-21-23)16(19-10-20-17)22-18(25)11-6-4-3-5-7-11;23-8-13-12(24)6-14(26-13)22-16-11(7-20-22)15(18-9-19-16)21-17(25)10-4-2-1-3-5-10;11-9-5-2-14-15(10(5)13-4-12-9)8-1-6(17)7(3-16)18-8;;;;;/h3-15H,1-2H3;3-7,9-10,13-15,24H,2,8H2,1H3,(H,19,20,22,25);1-5,7,9,12-14,23-24H,6,8H2,(H,18,19,21,25);2,4,6-8,16-17H,1,3H2,(H2,11,12,13);5*1H4/t;13-,14+,15+;12-,13+,14+;6-,7+,8+;;;;;/m.000...../s1. The van der Waals surface area contributed by atoms with Crippen LogP contribution in [0.25, 0.3) is 33.1 Å². The number of carbonyl (C=O) groups excluding carboxylic acids is 2. The van der Waals surface area contributed by atoms with Crippen LogP contribution in [-0.2, 0) is 19.1 Å². The number of aliphatic hydroxyl groups excluding tert-OH is 5. The number of hydrogen-bond donors (Lipinski definition) is 8. The van der Waals surface area contributed by atoms with Crippen molar-refractivity contribution in [1.82, 2.24) is 59.2 Å². The first-order chi connectivity index (χ1) is 45.7. The Kier molecular flexibility index (Phi) is 28.0. The van der Waals surface area contributed by atoms with Crippen LogP contribution in [0.4, 0.5) is 17.5 Å². The highest BCUT2D eigenvalue weighted by molar-refractivity contribution is 6.28. The first-order valence-electron chi connectivity index (χ1n) is 30.0. The second kappa shape index (κ2) is 35.5. The molecule has 9 heterocycles. The predicted molar refractivity (Wildman–Crippen MR) is 379 cm³/mol. The quantitative estimate of drug-likeness (QED) is 0.0349. The van der Waals surface area contributed by atoms with Crippen molar-refractivity contribution in [3.8, 4) is 11.5 Å². The molecule has 3 aliphatic heterocycles. The Morgan fingerprint density at radius 3 is 1.19 bits per heavy atom. The smallest absolute Gasteiger partial charge is 0.256 e. The van der Waals surface area contributed by atoms with E-state index in [2.05, 4.69) is 55.8 Å². The Morgan fingerprint density at radius 1 is 0.505 bits per heavy atom. The number of rotatable bonds is 15. The third kappa shape index (κ3) is 17.1. The van der Waals surface area contributed by atoms with Crippen molar-refractivity contribution >= 4 is 74.0 Å². The number of hydrogen-bond acceptors (Lipinski definition) is 22. The summed E-state index contributed by atoms with van der Waals surface area (Å²) in [7, 11) is 3.31. The molecular formula is C71H88ClN15O12. The van der Waals surface area contributed by atoms with Crippen LogP contribution < -0.4 is 25.8 Å². The minimum Gasteiger partial charge on any atom is -0.497 e. The maximum atomic E-state index is 12.4. The molecule has 14 rings (SSSR count). The fourth-order valence-corrected chi connectivity index (χ4v) is 11.5. The molecular weight excluding hydrogens is 1290 g/mol. The van der Waals surface area contributed by atoms with Gasteiger partial charge < -0.3 is 65.6 Å². The number of halogens is 1. The van der Waals surface area contributed by atoms with Crippen LogP contribution >= 0.6 is 11.6 Å². The van der Waals surface area contributed by atoms with E-state index in [-0.39, 0.29) is 80.9 Å². The van der Waals surface area contributed by atoms with Crippen molar-refractivity contribution in [1.29, 1.82) is 0 Å². The van der Waals surface area contributed by atoms with Gasteiger partial charge in [0.15, 0.2) is 35.6 Å². The lowest BCUT2D eigenvalue weighted by atomic mass is 9.84. The lowest BCUT2D eigenvalue weighted by Crippen LogP contribution is -2.24. The molecule has 9 atom stereocenters. The van der Waals surface area contributed by atoms with Crippen LogP contribution in [0.1, 0.15) is 126 Å². The Bertz CT molecular complexity index is 4110. The maximum Gasteiger partial charge on any atom is 0.256 e. The number of nitrogen functional groups attached to an aromatic ring is 1. The van der Waals surface area contributed by atoms with Gasteiger partial charge in [-0.2, -0.15) is 15.3 Å². The number of aromatic nitrogens is 12. The zero-order valence-corrected chi connectivity index (χ0v) is 51.9. The van der Waals surface area contributed by atoms with Gasteiger partial charge in [0.2, 0.25) is 0 Å². The summed E-state index contributed by atoms with van der Waals surface area (Å²) < 4.78 is 32.2. The van der Waals surface area contributed by atoms with Crippen molar-refractivity contribution in [2.24, 2.45) is 0 Å². The van der Waals surface area contributed by atoms with Crippen LogP contribution in [0.2, 0.25) is 0 Å². The summed E-state index contributed by atoms with van der Waals surface area (Å²) in [5, 5.41) is 68.1. The van der Waals surface area contributed by atoms with Gasteiger partial charge in [0, 0.05) is 30.4 Å². The molecule has 0 radical (unpaired) electrons. The average Bonchev–Trinajstić information content (AvgIpc) is 1.78. The third-order valence-electron chi connectivity index (χ3n) is 16.1. The van der Waals surface area contributed by atoms with Gasteiger partial charge in [-0.1, -0.05) is 135 Å². The monoisotopic (exact) mass is 1380 g/mol. The minimum atomic E-state index is -0.778. The second-order valence-electron chi connectivity index (χ2n) is 21.9. The number of nitrogens with one attached hydrogen (secondary N) is 2. The van der Waals surface area contributed by atoms with E-state index in [0.29, 0.717) is 74.5 Å². The summed E-state index contributed by atoms with van der Waals surface area (Å²) in [5.41, 5.74) is 11.3. The van der Waals surface area contributed by atoms with Crippen molar-refractivity contribution in [3.05, 3.63) is 205 Å². The predicted octanol–water partition coefficient (Wildman–Crippen LogP) is 10.3. The van der Waals surface area contributed by atoms with Crippen LogP contribution in [-0.4, -0.2) is 161 Å². The van der Waals surface area contributed by atoms with Gasteiger partial charge in [-0.05, 0) is 71.6 Å². The molecule has 0 saturated carbocycles. The molecule has 2 amide bonds. The number of fused-ring (bicyclic) bond motifs is 3. The zero-order valence-electron chi connectivity index (χ0n) is 51.1. The highest BCUT2D eigenvalue weighted by Gasteiger charge is 2.39.